The molecule has 20 heavy (non-hydrogen) atoms. The molecule has 6 heteroatoms. The van der Waals surface area contributed by atoms with Gasteiger partial charge in [0.1, 0.15) is 0 Å². The van der Waals surface area contributed by atoms with E-state index in [9.17, 15) is 18.4 Å². The Labute approximate surface area is 115 Å². The largest absolute Gasteiger partial charge is 0.481 e. The van der Waals surface area contributed by atoms with Crippen LogP contribution in [0.3, 0.4) is 0 Å². The number of carbonyl (C=O) groups excluding carboxylic acids is 1. The molecule has 1 saturated heterocycles. The fourth-order valence-electron chi connectivity index (χ4n) is 2.49. The van der Waals surface area contributed by atoms with Crippen molar-refractivity contribution in [3.63, 3.8) is 0 Å². The number of hydrogen-bond donors (Lipinski definition) is 1. The van der Waals surface area contributed by atoms with E-state index in [1.165, 1.54) is 29.2 Å². The van der Waals surface area contributed by atoms with E-state index in [1.807, 2.05) is 0 Å². The van der Waals surface area contributed by atoms with E-state index < -0.39 is 12.4 Å². The molecule has 1 aromatic carbocycles. The highest BCUT2D eigenvalue weighted by molar-refractivity contribution is 5.95. The van der Waals surface area contributed by atoms with Crippen LogP contribution >= 0.6 is 0 Å². The Morgan fingerprint density at radius 1 is 1.40 bits per heavy atom. The summed E-state index contributed by atoms with van der Waals surface area (Å²) < 4.78 is 25.3. The van der Waals surface area contributed by atoms with Crippen molar-refractivity contribution >= 4 is 11.9 Å². The minimum absolute atomic E-state index is 0.111. The zero-order valence-corrected chi connectivity index (χ0v) is 10.8. The van der Waals surface area contributed by atoms with Gasteiger partial charge < -0.3 is 10.0 Å². The zero-order chi connectivity index (χ0) is 14.7. The topological polar surface area (TPSA) is 57.6 Å². The highest BCUT2D eigenvalue weighted by Gasteiger charge is 2.31. The Hall–Kier alpha value is -1.98. The number of rotatable bonds is 4. The number of amides is 1. The number of likely N-dealkylation sites (tertiary alicyclic amines) is 1. The van der Waals surface area contributed by atoms with Crippen molar-refractivity contribution in [2.45, 2.75) is 31.7 Å². The van der Waals surface area contributed by atoms with Gasteiger partial charge in [-0.25, -0.2) is 8.78 Å². The van der Waals surface area contributed by atoms with Crippen molar-refractivity contribution in [1.29, 1.82) is 0 Å². The second kappa shape index (κ2) is 5.98. The normalized spacial score (nSPS) is 18.6. The van der Waals surface area contributed by atoms with Crippen LogP contribution in [0.15, 0.2) is 24.3 Å². The summed E-state index contributed by atoms with van der Waals surface area (Å²) in [4.78, 5) is 24.5. The van der Waals surface area contributed by atoms with Gasteiger partial charge in [0.15, 0.2) is 0 Å². The summed E-state index contributed by atoms with van der Waals surface area (Å²) in [6, 6.07) is 4.97. The Balaban J connectivity index is 2.18. The average Bonchev–Trinajstić information content (AvgIpc) is 2.85. The fraction of sp³-hybridized carbons (Fsp3) is 0.429. The van der Waals surface area contributed by atoms with Gasteiger partial charge >= 0.3 is 5.97 Å². The van der Waals surface area contributed by atoms with Gasteiger partial charge in [-0.3, -0.25) is 9.59 Å². The van der Waals surface area contributed by atoms with Gasteiger partial charge in [0, 0.05) is 23.7 Å². The molecular formula is C14H15F2NO3. The minimum atomic E-state index is -2.63. The molecule has 0 aromatic heterocycles. The van der Waals surface area contributed by atoms with Gasteiger partial charge in [-0.15, -0.1) is 0 Å². The molecule has 0 saturated carbocycles. The summed E-state index contributed by atoms with van der Waals surface area (Å²) in [5.41, 5.74) is -0.0232. The third kappa shape index (κ3) is 3.12. The first kappa shape index (κ1) is 14.4. The van der Waals surface area contributed by atoms with E-state index in [2.05, 4.69) is 0 Å². The molecule has 0 radical (unpaired) electrons. The SMILES string of the molecule is O=C(O)CC1CCCN1C(=O)c1cccc(C(F)F)c1. The first-order valence-electron chi connectivity index (χ1n) is 6.40. The zero-order valence-electron chi connectivity index (χ0n) is 10.8. The molecule has 1 aromatic rings. The molecule has 108 valence electrons. The predicted molar refractivity (Wildman–Crippen MR) is 67.7 cm³/mol. The van der Waals surface area contributed by atoms with E-state index in [-0.39, 0.29) is 29.5 Å². The van der Waals surface area contributed by atoms with Crippen molar-refractivity contribution in [3.8, 4) is 0 Å². The first-order chi connectivity index (χ1) is 9.49. The number of aliphatic carboxylic acids is 1. The molecule has 1 atom stereocenters. The number of carboxylic acid groups (broad SMARTS) is 1. The summed E-state index contributed by atoms with van der Waals surface area (Å²) in [5, 5.41) is 8.82. The maximum atomic E-state index is 12.6. The lowest BCUT2D eigenvalue weighted by molar-refractivity contribution is -0.137. The second-order valence-electron chi connectivity index (χ2n) is 4.82. The molecule has 4 nitrogen and oxygen atoms in total. The minimum Gasteiger partial charge on any atom is -0.481 e. The highest BCUT2D eigenvalue weighted by atomic mass is 19.3. The predicted octanol–water partition coefficient (Wildman–Crippen LogP) is 2.70. The third-order valence-electron chi connectivity index (χ3n) is 3.43. The van der Waals surface area contributed by atoms with Gasteiger partial charge in [0.25, 0.3) is 12.3 Å². The Morgan fingerprint density at radius 2 is 2.15 bits per heavy atom. The van der Waals surface area contributed by atoms with Gasteiger partial charge in [0.05, 0.1) is 6.42 Å². The van der Waals surface area contributed by atoms with Crippen molar-refractivity contribution < 1.29 is 23.5 Å². The lowest BCUT2D eigenvalue weighted by atomic mass is 10.1. The van der Waals surface area contributed by atoms with Crippen LogP contribution in [0, 0.1) is 0 Å². The van der Waals surface area contributed by atoms with Gasteiger partial charge in [-0.2, -0.15) is 0 Å². The van der Waals surface area contributed by atoms with Crippen molar-refractivity contribution in [3.05, 3.63) is 35.4 Å². The Kier molecular flexibility index (Phi) is 4.32. The summed E-state index contributed by atoms with van der Waals surface area (Å²) in [6.07, 6.45) is -1.37. The molecule has 1 aliphatic heterocycles. The molecule has 1 fully saturated rings. The number of halogens is 2. The number of alkyl halides is 2. The van der Waals surface area contributed by atoms with Gasteiger partial charge in [0.2, 0.25) is 0 Å². The van der Waals surface area contributed by atoms with Gasteiger partial charge in [-0.1, -0.05) is 12.1 Å². The van der Waals surface area contributed by atoms with Crippen LogP contribution in [0.25, 0.3) is 0 Å². The van der Waals surface area contributed by atoms with Gasteiger partial charge in [-0.05, 0) is 25.0 Å². The Morgan fingerprint density at radius 3 is 2.80 bits per heavy atom. The van der Waals surface area contributed by atoms with Crippen LogP contribution in [-0.2, 0) is 4.79 Å². The maximum absolute atomic E-state index is 12.6. The number of hydrogen-bond acceptors (Lipinski definition) is 2. The van der Waals surface area contributed by atoms with E-state index in [4.69, 9.17) is 5.11 Å². The van der Waals surface area contributed by atoms with E-state index in [1.54, 1.807) is 0 Å². The molecule has 0 bridgehead atoms. The number of nitrogens with zero attached hydrogens (tertiary/aromatic N) is 1. The summed E-state index contributed by atoms with van der Waals surface area (Å²) in [7, 11) is 0. The van der Waals surface area contributed by atoms with E-state index in [0.717, 1.165) is 6.42 Å². The quantitative estimate of drug-likeness (QED) is 0.924. The molecule has 1 unspecified atom stereocenters. The molecule has 1 amide bonds. The van der Waals surface area contributed by atoms with Crippen LogP contribution < -0.4 is 0 Å². The molecule has 0 spiro atoms. The maximum Gasteiger partial charge on any atom is 0.305 e. The Bertz CT molecular complexity index is 519. The first-order valence-corrected chi connectivity index (χ1v) is 6.40. The number of carboxylic acids is 1. The summed E-state index contributed by atoms with van der Waals surface area (Å²) in [6.45, 7) is 0.468. The van der Waals surface area contributed by atoms with Crippen LogP contribution in [0.5, 0.6) is 0 Å². The molecule has 1 heterocycles. The summed E-state index contributed by atoms with van der Waals surface area (Å²) in [5.74, 6) is -1.34. The second-order valence-corrected chi connectivity index (χ2v) is 4.82. The van der Waals surface area contributed by atoms with Crippen molar-refractivity contribution in [2.75, 3.05) is 6.54 Å². The van der Waals surface area contributed by atoms with Crippen LogP contribution in [0.4, 0.5) is 8.78 Å². The monoisotopic (exact) mass is 283 g/mol. The molecule has 2 rings (SSSR count). The molecular weight excluding hydrogens is 268 g/mol. The average molecular weight is 283 g/mol. The fourth-order valence-corrected chi connectivity index (χ4v) is 2.49. The van der Waals surface area contributed by atoms with Crippen molar-refractivity contribution in [1.82, 2.24) is 4.90 Å². The lowest BCUT2D eigenvalue weighted by Gasteiger charge is -2.23. The number of carbonyl (C=O) groups is 2. The highest BCUT2D eigenvalue weighted by Crippen LogP contribution is 2.25. The lowest BCUT2D eigenvalue weighted by Crippen LogP contribution is -2.36. The van der Waals surface area contributed by atoms with Crippen molar-refractivity contribution in [2.24, 2.45) is 0 Å². The molecule has 1 N–H and O–H groups in total. The van der Waals surface area contributed by atoms with Crippen LogP contribution in [0.2, 0.25) is 0 Å². The molecule has 1 aliphatic rings. The summed E-state index contributed by atoms with van der Waals surface area (Å²) >= 11 is 0. The van der Waals surface area contributed by atoms with E-state index in [0.29, 0.717) is 13.0 Å². The van der Waals surface area contributed by atoms with Crippen LogP contribution in [-0.4, -0.2) is 34.5 Å². The van der Waals surface area contributed by atoms with E-state index >= 15 is 0 Å². The standard InChI is InChI=1S/C14H15F2NO3/c15-13(16)9-3-1-4-10(7-9)14(20)17-6-2-5-11(17)8-12(18)19/h1,3-4,7,11,13H,2,5-6,8H2,(H,18,19). The smallest absolute Gasteiger partial charge is 0.305 e. The van der Waals surface area contributed by atoms with Crippen LogP contribution in [0.1, 0.15) is 41.6 Å². The molecule has 0 aliphatic carbocycles. The number of benzene rings is 1. The third-order valence-corrected chi connectivity index (χ3v) is 3.43.